The largest absolute Gasteiger partial charge is 0.481 e. The van der Waals surface area contributed by atoms with E-state index in [1.54, 1.807) is 30.3 Å². The number of hydrogen-bond acceptors (Lipinski definition) is 7. The molecule has 1 aliphatic rings. The molecule has 3 aromatic rings. The average molecular weight is 526 g/mol. The lowest BCUT2D eigenvalue weighted by atomic mass is 9.85. The minimum Gasteiger partial charge on any atom is -0.481 e. The van der Waals surface area contributed by atoms with Crippen molar-refractivity contribution in [3.63, 3.8) is 0 Å². The van der Waals surface area contributed by atoms with Gasteiger partial charge in [0.25, 0.3) is 0 Å². The fourth-order valence-electron chi connectivity index (χ4n) is 4.94. The summed E-state index contributed by atoms with van der Waals surface area (Å²) in [5, 5.41) is 13.9. The molecule has 5 N–H and O–H groups in total. The van der Waals surface area contributed by atoms with Gasteiger partial charge in [-0.05, 0) is 43.1 Å². The Morgan fingerprint density at radius 1 is 1.16 bits per heavy atom. The number of aromatic nitrogens is 1. The number of aliphatic carboxylic acids is 1. The number of nitrogens with zero attached hydrogens (tertiary/aromatic N) is 2. The third-order valence-electron chi connectivity index (χ3n) is 6.65. The zero-order valence-electron chi connectivity index (χ0n) is 20.4. The van der Waals surface area contributed by atoms with Crippen LogP contribution in [0.5, 0.6) is 0 Å². The number of carboxylic acids is 1. The lowest BCUT2D eigenvalue weighted by Gasteiger charge is -2.36. The first-order valence-corrected chi connectivity index (χ1v) is 13.9. The third-order valence-corrected chi connectivity index (χ3v) is 7.33. The minimum absolute atomic E-state index is 0.180. The molecule has 3 unspecified atom stereocenters. The molecular weight excluding hydrogens is 494 g/mol. The van der Waals surface area contributed by atoms with Crippen molar-refractivity contribution < 1.29 is 23.1 Å². The van der Waals surface area contributed by atoms with Crippen LogP contribution in [0, 0.1) is 11.8 Å². The van der Waals surface area contributed by atoms with Crippen molar-refractivity contribution >= 4 is 38.5 Å². The van der Waals surface area contributed by atoms with E-state index in [1.807, 2.05) is 35.2 Å². The average Bonchev–Trinajstić information content (AvgIpc) is 3.34. The number of carbonyl (C=O) groups excluding carboxylic acids is 1. The van der Waals surface area contributed by atoms with Crippen molar-refractivity contribution in [2.45, 2.75) is 18.5 Å². The van der Waals surface area contributed by atoms with Crippen molar-refractivity contribution in [3.8, 4) is 0 Å². The number of fused-ring (bicyclic) bond motifs is 1. The van der Waals surface area contributed by atoms with E-state index in [0.29, 0.717) is 30.9 Å². The standard InChI is InChI=1S/C26H31N5O5S/c1-37(35,36)30-23(25(32)29-20-13-19-9-5-6-10-21(19)28-15-20)22(26(33)34)24(18-7-3-2-4-8-18)31-12-11-17(14-27)16-31/h2-10,13,15,17,22-24,30H,11-12,14,16,27H2,1H3,(H,29,32)(H,33,34)/t17-,22?,23?,24?/m0/s1. The molecule has 2 aromatic carbocycles. The molecule has 4 rings (SSSR count). The number of hydrogen-bond donors (Lipinski definition) is 4. The van der Waals surface area contributed by atoms with Crippen LogP contribution in [0.3, 0.4) is 0 Å². The topological polar surface area (TPSA) is 155 Å². The van der Waals surface area contributed by atoms with E-state index in [9.17, 15) is 23.1 Å². The van der Waals surface area contributed by atoms with Gasteiger partial charge in [0.2, 0.25) is 15.9 Å². The van der Waals surface area contributed by atoms with Crippen molar-refractivity contribution in [1.82, 2.24) is 14.6 Å². The number of amides is 1. The van der Waals surface area contributed by atoms with E-state index in [0.717, 1.165) is 23.6 Å². The summed E-state index contributed by atoms with van der Waals surface area (Å²) in [5.74, 6) is -3.33. The summed E-state index contributed by atoms with van der Waals surface area (Å²) in [7, 11) is -3.96. The van der Waals surface area contributed by atoms with Gasteiger partial charge in [-0.15, -0.1) is 0 Å². The maximum atomic E-state index is 13.6. The Bertz CT molecular complexity index is 1370. The zero-order chi connectivity index (χ0) is 26.6. The van der Waals surface area contributed by atoms with Gasteiger partial charge in [0.15, 0.2) is 0 Å². The van der Waals surface area contributed by atoms with Crippen molar-refractivity contribution in [2.24, 2.45) is 17.6 Å². The van der Waals surface area contributed by atoms with Crippen LogP contribution >= 0.6 is 0 Å². The van der Waals surface area contributed by atoms with Crippen LogP contribution in [0.1, 0.15) is 18.0 Å². The maximum Gasteiger partial charge on any atom is 0.310 e. The van der Waals surface area contributed by atoms with E-state index < -0.39 is 39.9 Å². The Morgan fingerprint density at radius 3 is 2.51 bits per heavy atom. The van der Waals surface area contributed by atoms with Crippen LogP contribution in [-0.2, 0) is 19.6 Å². The number of pyridine rings is 1. The van der Waals surface area contributed by atoms with Crippen LogP contribution in [0.4, 0.5) is 5.69 Å². The van der Waals surface area contributed by atoms with Crippen molar-refractivity contribution in [3.05, 3.63) is 72.4 Å². The van der Waals surface area contributed by atoms with Crippen LogP contribution < -0.4 is 15.8 Å². The lowest BCUT2D eigenvalue weighted by molar-refractivity contribution is -0.147. The quantitative estimate of drug-likeness (QED) is 0.312. The SMILES string of the molecule is CS(=O)(=O)NC(C(=O)Nc1cnc2ccccc2c1)C(C(=O)O)C(c1ccccc1)N1CC[C@@H](CN)C1. The van der Waals surface area contributed by atoms with Crippen molar-refractivity contribution in [2.75, 3.05) is 31.2 Å². The minimum atomic E-state index is -3.96. The summed E-state index contributed by atoms with van der Waals surface area (Å²) >= 11 is 0. The molecule has 2 heterocycles. The normalized spacial score (nSPS) is 18.8. The molecule has 0 radical (unpaired) electrons. The molecule has 1 aliphatic heterocycles. The highest BCUT2D eigenvalue weighted by Gasteiger charge is 2.45. The second kappa shape index (κ2) is 11.3. The molecule has 1 fully saturated rings. The molecule has 0 aliphatic carbocycles. The number of sulfonamides is 1. The molecule has 10 nitrogen and oxygen atoms in total. The Balaban J connectivity index is 1.74. The highest BCUT2D eigenvalue weighted by atomic mass is 32.2. The van der Waals surface area contributed by atoms with E-state index in [-0.39, 0.29) is 5.92 Å². The van der Waals surface area contributed by atoms with Gasteiger partial charge in [-0.1, -0.05) is 48.5 Å². The molecule has 1 aromatic heterocycles. The number of rotatable bonds is 10. The number of nitrogens with two attached hydrogens (primary N) is 1. The summed E-state index contributed by atoms with van der Waals surface area (Å²) in [6.45, 7) is 1.57. The molecule has 4 atom stereocenters. The monoisotopic (exact) mass is 525 g/mol. The molecule has 37 heavy (non-hydrogen) atoms. The number of likely N-dealkylation sites (tertiary alicyclic amines) is 1. The summed E-state index contributed by atoms with van der Waals surface area (Å²) in [6.07, 6.45) is 3.14. The first-order chi connectivity index (χ1) is 17.7. The summed E-state index contributed by atoms with van der Waals surface area (Å²) < 4.78 is 27.0. The number of benzene rings is 2. The molecule has 0 saturated carbocycles. The first kappa shape index (κ1) is 26.7. The number of carbonyl (C=O) groups is 2. The molecule has 196 valence electrons. The predicted molar refractivity (Wildman–Crippen MR) is 141 cm³/mol. The van der Waals surface area contributed by atoms with Crippen molar-refractivity contribution in [1.29, 1.82) is 0 Å². The number of para-hydroxylation sites is 1. The predicted octanol–water partition coefficient (Wildman–Crippen LogP) is 1.81. The van der Waals surface area contributed by atoms with Gasteiger partial charge in [0.05, 0.1) is 29.7 Å². The molecule has 0 spiro atoms. The number of nitrogens with one attached hydrogen (secondary N) is 2. The molecule has 1 saturated heterocycles. The summed E-state index contributed by atoms with van der Waals surface area (Å²) in [4.78, 5) is 32.7. The second-order valence-electron chi connectivity index (χ2n) is 9.38. The highest BCUT2D eigenvalue weighted by molar-refractivity contribution is 7.88. The Hall–Kier alpha value is -3.38. The fraction of sp³-hybridized carbons (Fsp3) is 0.346. The van der Waals surface area contributed by atoms with E-state index >= 15 is 0 Å². The van der Waals surface area contributed by atoms with Crippen LogP contribution in [-0.4, -0.2) is 67.2 Å². The first-order valence-electron chi connectivity index (χ1n) is 12.0. The van der Waals surface area contributed by atoms with E-state index in [4.69, 9.17) is 5.73 Å². The van der Waals surface area contributed by atoms with Gasteiger partial charge in [-0.25, -0.2) is 13.1 Å². The molecule has 1 amide bonds. The van der Waals surface area contributed by atoms with Gasteiger partial charge < -0.3 is 16.2 Å². The highest BCUT2D eigenvalue weighted by Crippen LogP contribution is 2.36. The van der Waals surface area contributed by atoms with Gasteiger partial charge in [-0.3, -0.25) is 19.5 Å². The fourth-order valence-corrected chi connectivity index (χ4v) is 5.66. The van der Waals surface area contributed by atoms with E-state index in [2.05, 4.69) is 15.0 Å². The van der Waals surface area contributed by atoms with Crippen LogP contribution in [0.2, 0.25) is 0 Å². The van der Waals surface area contributed by atoms with Gasteiger partial charge >= 0.3 is 5.97 Å². The van der Waals surface area contributed by atoms with Gasteiger partial charge in [0.1, 0.15) is 12.0 Å². The molecule has 11 heteroatoms. The summed E-state index contributed by atoms with van der Waals surface area (Å²) in [5.41, 5.74) is 7.61. The smallest absolute Gasteiger partial charge is 0.310 e. The number of carboxylic acid groups (broad SMARTS) is 1. The number of anilines is 1. The second-order valence-corrected chi connectivity index (χ2v) is 11.2. The Kier molecular flexibility index (Phi) is 8.18. The Morgan fingerprint density at radius 2 is 1.86 bits per heavy atom. The summed E-state index contributed by atoms with van der Waals surface area (Å²) in [6, 6.07) is 15.6. The van der Waals surface area contributed by atoms with Crippen LogP contribution in [0.15, 0.2) is 66.9 Å². The molecule has 0 bridgehead atoms. The van der Waals surface area contributed by atoms with Crippen LogP contribution in [0.25, 0.3) is 10.9 Å². The zero-order valence-corrected chi connectivity index (χ0v) is 21.3. The lowest BCUT2D eigenvalue weighted by Crippen LogP contribution is -2.54. The van der Waals surface area contributed by atoms with Gasteiger partial charge in [-0.2, -0.15) is 0 Å². The van der Waals surface area contributed by atoms with Gasteiger partial charge in [0, 0.05) is 11.9 Å². The third kappa shape index (κ3) is 6.50. The van der Waals surface area contributed by atoms with E-state index in [1.165, 1.54) is 6.20 Å². The maximum absolute atomic E-state index is 13.6. The molecular formula is C26H31N5O5S. The Labute approximate surface area is 215 Å².